The van der Waals surface area contributed by atoms with Crippen LogP contribution in [0.25, 0.3) is 16.7 Å². The summed E-state index contributed by atoms with van der Waals surface area (Å²) in [5, 5.41) is 0. The third kappa shape index (κ3) is 3.08. The van der Waals surface area contributed by atoms with E-state index in [0.717, 1.165) is 0 Å². The normalized spacial score (nSPS) is 11.7. The molecule has 0 radical (unpaired) electrons. The Labute approximate surface area is 137 Å². The van der Waals surface area contributed by atoms with E-state index in [9.17, 15) is 14.0 Å². The van der Waals surface area contributed by atoms with Crippen LogP contribution in [0.15, 0.2) is 47.3 Å². The molecule has 0 aliphatic carbocycles. The first-order valence-corrected chi connectivity index (χ1v) is 7.49. The molecule has 124 valence electrons. The van der Waals surface area contributed by atoms with Gasteiger partial charge in [0.1, 0.15) is 11.4 Å². The van der Waals surface area contributed by atoms with E-state index in [4.69, 9.17) is 4.74 Å². The van der Waals surface area contributed by atoms with Gasteiger partial charge in [0.2, 0.25) is 0 Å². The number of fused-ring (bicyclic) bond motifs is 1. The first kappa shape index (κ1) is 16.0. The van der Waals surface area contributed by atoms with Crippen molar-refractivity contribution in [1.82, 2.24) is 9.55 Å². The first-order chi connectivity index (χ1) is 11.2. The van der Waals surface area contributed by atoms with Crippen LogP contribution in [0.2, 0.25) is 0 Å². The molecule has 0 unspecified atom stereocenters. The van der Waals surface area contributed by atoms with Gasteiger partial charge in [0.25, 0.3) is 0 Å². The van der Waals surface area contributed by atoms with Crippen LogP contribution < -0.4 is 5.69 Å². The number of aromatic amines is 1. The number of hydrogen-bond acceptors (Lipinski definition) is 3. The number of carbonyl (C=O) groups is 1. The Bertz CT molecular complexity index is 963. The Hall–Kier alpha value is -2.89. The number of H-pyrrole nitrogens is 1. The van der Waals surface area contributed by atoms with Gasteiger partial charge in [0.15, 0.2) is 0 Å². The molecule has 6 heteroatoms. The molecule has 0 bridgehead atoms. The van der Waals surface area contributed by atoms with Crippen LogP contribution in [0, 0.1) is 5.82 Å². The number of ether oxygens (including phenoxy) is 1. The van der Waals surface area contributed by atoms with Gasteiger partial charge in [-0.25, -0.2) is 14.0 Å². The van der Waals surface area contributed by atoms with E-state index >= 15 is 0 Å². The number of nitrogens with one attached hydrogen (secondary N) is 1. The fraction of sp³-hybridized carbons (Fsp3) is 0.222. The van der Waals surface area contributed by atoms with Gasteiger partial charge >= 0.3 is 11.7 Å². The van der Waals surface area contributed by atoms with Crippen molar-refractivity contribution < 1.29 is 13.9 Å². The van der Waals surface area contributed by atoms with Crippen molar-refractivity contribution in [1.29, 1.82) is 0 Å². The highest BCUT2D eigenvalue weighted by atomic mass is 19.1. The lowest BCUT2D eigenvalue weighted by atomic mass is 10.1. The number of benzene rings is 2. The van der Waals surface area contributed by atoms with Crippen molar-refractivity contribution in [3.05, 3.63) is 64.3 Å². The lowest BCUT2D eigenvalue weighted by molar-refractivity contribution is 0.00695. The molecule has 0 amide bonds. The van der Waals surface area contributed by atoms with Crippen LogP contribution in [-0.2, 0) is 4.74 Å². The van der Waals surface area contributed by atoms with Crippen molar-refractivity contribution in [3.8, 4) is 5.69 Å². The zero-order chi connectivity index (χ0) is 17.5. The van der Waals surface area contributed by atoms with Gasteiger partial charge in [0.05, 0.1) is 22.3 Å². The molecule has 0 aliphatic heterocycles. The number of carbonyl (C=O) groups excluding carboxylic acids is 1. The van der Waals surface area contributed by atoms with Crippen molar-refractivity contribution in [2.24, 2.45) is 0 Å². The molecule has 0 spiro atoms. The predicted molar refractivity (Wildman–Crippen MR) is 89.0 cm³/mol. The van der Waals surface area contributed by atoms with Crippen molar-refractivity contribution in [2.75, 3.05) is 0 Å². The van der Waals surface area contributed by atoms with Gasteiger partial charge in [0, 0.05) is 6.07 Å². The maximum Gasteiger partial charge on any atom is 0.338 e. The molecular weight excluding hydrogens is 311 g/mol. The fourth-order valence-corrected chi connectivity index (χ4v) is 2.42. The Balaban J connectivity index is 2.00. The fourth-order valence-electron chi connectivity index (χ4n) is 2.42. The summed E-state index contributed by atoms with van der Waals surface area (Å²) in [4.78, 5) is 26.9. The molecule has 0 fully saturated rings. The smallest absolute Gasteiger partial charge is 0.338 e. The summed E-state index contributed by atoms with van der Waals surface area (Å²) in [6, 6.07) is 10.5. The molecular formula is C18H17FN2O3. The molecule has 24 heavy (non-hydrogen) atoms. The second-order valence-corrected chi connectivity index (χ2v) is 6.48. The lowest BCUT2D eigenvalue weighted by Gasteiger charge is -2.19. The molecule has 3 aromatic rings. The van der Waals surface area contributed by atoms with Crippen molar-refractivity contribution >= 4 is 17.0 Å². The largest absolute Gasteiger partial charge is 0.456 e. The molecule has 0 saturated heterocycles. The first-order valence-electron chi connectivity index (χ1n) is 7.49. The Morgan fingerprint density at radius 3 is 2.42 bits per heavy atom. The van der Waals surface area contributed by atoms with E-state index in [2.05, 4.69) is 4.98 Å². The molecule has 1 heterocycles. The van der Waals surface area contributed by atoms with E-state index in [1.165, 1.54) is 22.8 Å². The molecule has 5 nitrogen and oxygen atoms in total. The van der Waals surface area contributed by atoms with E-state index < -0.39 is 17.4 Å². The Kier molecular flexibility index (Phi) is 3.75. The maximum absolute atomic E-state index is 13.5. The minimum absolute atomic E-state index is 0.374. The number of rotatable bonds is 2. The van der Waals surface area contributed by atoms with Crippen LogP contribution in [-0.4, -0.2) is 21.1 Å². The van der Waals surface area contributed by atoms with Gasteiger partial charge in [-0.2, -0.15) is 0 Å². The summed E-state index contributed by atoms with van der Waals surface area (Å²) in [5.74, 6) is -0.869. The van der Waals surface area contributed by atoms with E-state index in [1.54, 1.807) is 45.0 Å². The van der Waals surface area contributed by atoms with Gasteiger partial charge in [-0.1, -0.05) is 0 Å². The minimum Gasteiger partial charge on any atom is -0.456 e. The second kappa shape index (κ2) is 5.63. The summed E-state index contributed by atoms with van der Waals surface area (Å²) in [6.07, 6.45) is 0. The highest BCUT2D eigenvalue weighted by Crippen LogP contribution is 2.18. The third-order valence-electron chi connectivity index (χ3n) is 3.41. The van der Waals surface area contributed by atoms with E-state index in [1.807, 2.05) is 0 Å². The summed E-state index contributed by atoms with van der Waals surface area (Å²) in [5.41, 5.74) is 0.932. The Morgan fingerprint density at radius 2 is 1.79 bits per heavy atom. The SMILES string of the molecule is CC(C)(C)OC(=O)c1ccc(-n2c(=O)[nH]c3ccc(F)cc32)cc1. The van der Waals surface area contributed by atoms with Gasteiger partial charge in [-0.15, -0.1) is 0 Å². The maximum atomic E-state index is 13.5. The zero-order valence-corrected chi connectivity index (χ0v) is 13.6. The van der Waals surface area contributed by atoms with Gasteiger partial charge < -0.3 is 9.72 Å². The lowest BCUT2D eigenvalue weighted by Crippen LogP contribution is -2.23. The molecule has 1 N–H and O–H groups in total. The highest BCUT2D eigenvalue weighted by molar-refractivity contribution is 5.90. The second-order valence-electron chi connectivity index (χ2n) is 6.48. The van der Waals surface area contributed by atoms with E-state index in [-0.39, 0.29) is 5.69 Å². The number of hydrogen-bond donors (Lipinski definition) is 1. The molecule has 0 saturated carbocycles. The predicted octanol–water partition coefficient (Wildman–Crippen LogP) is 3.41. The molecule has 1 aromatic heterocycles. The summed E-state index contributed by atoms with van der Waals surface area (Å²) >= 11 is 0. The zero-order valence-electron chi connectivity index (χ0n) is 13.6. The monoisotopic (exact) mass is 328 g/mol. The van der Waals surface area contributed by atoms with Gasteiger partial charge in [-0.05, 0) is 57.2 Å². The standard InChI is InChI=1S/C18H17FN2O3/c1-18(2,3)24-16(22)11-4-7-13(8-5-11)21-15-10-12(19)6-9-14(15)20-17(21)23/h4-10H,1-3H3,(H,20,23). The van der Waals surface area contributed by atoms with Crippen molar-refractivity contribution in [3.63, 3.8) is 0 Å². The topological polar surface area (TPSA) is 64.1 Å². The highest BCUT2D eigenvalue weighted by Gasteiger charge is 2.18. The average molecular weight is 328 g/mol. The van der Waals surface area contributed by atoms with Crippen LogP contribution >= 0.6 is 0 Å². The van der Waals surface area contributed by atoms with Crippen LogP contribution in [0.5, 0.6) is 0 Å². The number of esters is 1. The number of halogens is 1. The third-order valence-corrected chi connectivity index (χ3v) is 3.41. The number of imidazole rings is 1. The van der Waals surface area contributed by atoms with Crippen LogP contribution in [0.3, 0.4) is 0 Å². The Morgan fingerprint density at radius 1 is 1.12 bits per heavy atom. The molecule has 0 atom stereocenters. The number of aromatic nitrogens is 2. The summed E-state index contributed by atoms with van der Waals surface area (Å²) in [6.45, 7) is 5.37. The summed E-state index contributed by atoms with van der Waals surface area (Å²) < 4.78 is 20.1. The van der Waals surface area contributed by atoms with Crippen molar-refractivity contribution in [2.45, 2.75) is 26.4 Å². The van der Waals surface area contributed by atoms with Crippen LogP contribution in [0.1, 0.15) is 31.1 Å². The van der Waals surface area contributed by atoms with Gasteiger partial charge in [-0.3, -0.25) is 4.57 Å². The molecule has 2 aromatic carbocycles. The molecule has 3 rings (SSSR count). The van der Waals surface area contributed by atoms with Crippen LogP contribution in [0.4, 0.5) is 4.39 Å². The minimum atomic E-state index is -0.582. The average Bonchev–Trinajstić information content (AvgIpc) is 2.81. The summed E-state index contributed by atoms with van der Waals surface area (Å²) in [7, 11) is 0. The number of nitrogens with zero attached hydrogens (tertiary/aromatic N) is 1. The quantitative estimate of drug-likeness (QED) is 0.733. The van der Waals surface area contributed by atoms with E-state index in [0.29, 0.717) is 22.3 Å². The molecule has 0 aliphatic rings.